The Morgan fingerprint density at radius 2 is 2.05 bits per heavy atom. The van der Waals surface area contributed by atoms with Gasteiger partial charge in [-0.15, -0.1) is 0 Å². The summed E-state index contributed by atoms with van der Waals surface area (Å²) in [7, 11) is 0. The zero-order chi connectivity index (χ0) is 27.0. The summed E-state index contributed by atoms with van der Waals surface area (Å²) in [6.45, 7) is 6.43. The van der Waals surface area contributed by atoms with Crippen LogP contribution in [0, 0.1) is 0 Å². The smallest absolute Gasteiger partial charge is 0.261 e. The molecule has 6 rings (SSSR count). The van der Waals surface area contributed by atoms with E-state index in [1.807, 2.05) is 43.3 Å². The lowest BCUT2D eigenvalue weighted by atomic mass is 10.0. The van der Waals surface area contributed by atoms with Crippen LogP contribution >= 0.6 is 0 Å². The molecule has 0 unspecified atom stereocenters. The van der Waals surface area contributed by atoms with Crippen molar-refractivity contribution in [2.24, 2.45) is 0 Å². The molecule has 1 fully saturated rings. The number of fused-ring (bicyclic) bond motifs is 2. The summed E-state index contributed by atoms with van der Waals surface area (Å²) in [5.41, 5.74) is 7.71. The van der Waals surface area contributed by atoms with Crippen molar-refractivity contribution >= 4 is 27.5 Å². The fourth-order valence-corrected chi connectivity index (χ4v) is 5.09. The molecule has 0 aromatic carbocycles. The zero-order valence-electron chi connectivity index (χ0n) is 21.5. The number of pyridine rings is 3. The Hall–Kier alpha value is -4.50. The van der Waals surface area contributed by atoms with Crippen molar-refractivity contribution in [2.45, 2.75) is 19.3 Å². The molecule has 0 aliphatic carbocycles. The third kappa shape index (κ3) is 4.88. The lowest BCUT2D eigenvalue weighted by molar-refractivity contribution is 0.0131. The van der Waals surface area contributed by atoms with Gasteiger partial charge in [-0.05, 0) is 48.4 Å². The molecule has 39 heavy (non-hydrogen) atoms. The molecular formula is C30H27F2N7. The Labute approximate surface area is 224 Å². The van der Waals surface area contributed by atoms with Gasteiger partial charge < -0.3 is 4.98 Å². The lowest BCUT2D eigenvalue weighted by Crippen LogP contribution is -2.26. The maximum Gasteiger partial charge on any atom is 0.261 e. The van der Waals surface area contributed by atoms with Crippen LogP contribution in [-0.2, 0) is 0 Å². The number of H-pyrrole nitrogens is 2. The van der Waals surface area contributed by atoms with Gasteiger partial charge in [-0.2, -0.15) is 5.10 Å². The van der Waals surface area contributed by atoms with Gasteiger partial charge in [-0.25, -0.2) is 13.8 Å². The quantitative estimate of drug-likeness (QED) is 0.241. The Balaban J connectivity index is 1.35. The van der Waals surface area contributed by atoms with Crippen LogP contribution in [0.3, 0.4) is 0 Å². The van der Waals surface area contributed by atoms with Crippen molar-refractivity contribution in [1.29, 1.82) is 0 Å². The number of hydrogen-bond donors (Lipinski definition) is 2. The molecule has 196 valence electrons. The monoisotopic (exact) mass is 523 g/mol. The summed E-state index contributed by atoms with van der Waals surface area (Å²) >= 11 is 0. The van der Waals surface area contributed by atoms with Crippen molar-refractivity contribution in [1.82, 2.24) is 35.0 Å². The van der Waals surface area contributed by atoms with E-state index in [1.165, 1.54) is 0 Å². The van der Waals surface area contributed by atoms with Gasteiger partial charge in [0.2, 0.25) is 0 Å². The van der Waals surface area contributed by atoms with Gasteiger partial charge in [0, 0.05) is 71.7 Å². The van der Waals surface area contributed by atoms with Crippen molar-refractivity contribution in [3.63, 3.8) is 0 Å². The van der Waals surface area contributed by atoms with E-state index in [1.54, 1.807) is 35.8 Å². The second-order valence-corrected chi connectivity index (χ2v) is 9.72. The first-order chi connectivity index (χ1) is 18.9. The summed E-state index contributed by atoms with van der Waals surface area (Å²) in [6, 6.07) is 9.93. The molecule has 0 bridgehead atoms. The molecule has 0 spiro atoms. The molecule has 9 heteroatoms. The van der Waals surface area contributed by atoms with Gasteiger partial charge in [0.15, 0.2) is 5.65 Å². The van der Waals surface area contributed by atoms with E-state index < -0.39 is 5.92 Å². The Morgan fingerprint density at radius 3 is 2.79 bits per heavy atom. The molecule has 0 atom stereocenters. The van der Waals surface area contributed by atoms with Gasteiger partial charge in [-0.3, -0.25) is 20.0 Å². The van der Waals surface area contributed by atoms with Gasteiger partial charge in [-0.1, -0.05) is 24.8 Å². The number of rotatable bonds is 7. The summed E-state index contributed by atoms with van der Waals surface area (Å²) in [5, 5.41) is 9.40. The normalized spacial score (nSPS) is 16.4. The van der Waals surface area contributed by atoms with E-state index in [-0.39, 0.29) is 13.0 Å². The minimum atomic E-state index is -2.63. The Bertz CT molecular complexity index is 1730. The number of hydrogen-bond acceptors (Lipinski definition) is 5. The van der Waals surface area contributed by atoms with Crippen LogP contribution in [0.1, 0.15) is 18.9 Å². The summed E-state index contributed by atoms with van der Waals surface area (Å²) in [5.74, 6) is -2.63. The van der Waals surface area contributed by atoms with E-state index in [2.05, 4.69) is 42.8 Å². The van der Waals surface area contributed by atoms with Crippen molar-refractivity contribution in [3.8, 4) is 22.6 Å². The highest BCUT2D eigenvalue weighted by Crippen LogP contribution is 2.33. The molecule has 5 aromatic rings. The average Bonchev–Trinajstić information content (AvgIpc) is 3.66. The molecule has 1 aliphatic heterocycles. The minimum Gasteiger partial charge on any atom is -0.353 e. The molecule has 1 saturated heterocycles. The van der Waals surface area contributed by atoms with Crippen LogP contribution in [0.25, 0.3) is 50.2 Å². The van der Waals surface area contributed by atoms with Crippen LogP contribution in [0.2, 0.25) is 0 Å². The number of allylic oxidation sites excluding steroid dienone is 3. The van der Waals surface area contributed by atoms with E-state index in [0.29, 0.717) is 18.7 Å². The molecule has 6 heterocycles. The molecular weight excluding hydrogens is 496 g/mol. The number of aromatic amines is 2. The highest BCUT2D eigenvalue weighted by atomic mass is 19.3. The van der Waals surface area contributed by atoms with Gasteiger partial charge in [0.05, 0.1) is 23.6 Å². The first-order valence-electron chi connectivity index (χ1n) is 12.8. The zero-order valence-corrected chi connectivity index (χ0v) is 21.5. The third-order valence-corrected chi connectivity index (χ3v) is 7.06. The van der Waals surface area contributed by atoms with E-state index in [0.717, 1.165) is 55.6 Å². The fraction of sp³-hybridized carbons (Fsp3) is 0.200. The maximum atomic E-state index is 13.7. The average molecular weight is 524 g/mol. The largest absolute Gasteiger partial charge is 0.353 e. The van der Waals surface area contributed by atoms with Crippen molar-refractivity contribution in [2.75, 3.05) is 19.6 Å². The molecule has 1 aliphatic rings. The lowest BCUT2D eigenvalue weighted by Gasteiger charge is -2.16. The summed E-state index contributed by atoms with van der Waals surface area (Å²) in [4.78, 5) is 18.7. The highest BCUT2D eigenvalue weighted by Gasteiger charge is 2.37. The van der Waals surface area contributed by atoms with Gasteiger partial charge in [0.1, 0.15) is 0 Å². The summed E-state index contributed by atoms with van der Waals surface area (Å²) in [6.07, 6.45) is 12.7. The minimum absolute atomic E-state index is 0.106. The second kappa shape index (κ2) is 9.99. The molecule has 0 saturated carbocycles. The highest BCUT2D eigenvalue weighted by molar-refractivity contribution is 5.99. The van der Waals surface area contributed by atoms with Crippen molar-refractivity contribution < 1.29 is 8.78 Å². The van der Waals surface area contributed by atoms with Crippen LogP contribution in [0.5, 0.6) is 0 Å². The predicted molar refractivity (Wildman–Crippen MR) is 150 cm³/mol. The molecule has 7 nitrogen and oxygen atoms in total. The van der Waals surface area contributed by atoms with Crippen LogP contribution in [0.15, 0.2) is 85.5 Å². The molecule has 0 amide bonds. The number of aromatic nitrogens is 6. The van der Waals surface area contributed by atoms with Gasteiger partial charge >= 0.3 is 0 Å². The first kappa shape index (κ1) is 24.8. The molecule has 2 N–H and O–H groups in total. The SMILES string of the molecule is C=C/C(=C\C(=C/C)c1cnc2n[nH]c(-c3cc4c(-c5cccnc5)nccc4[nH]3)c2c1)CN1CCC(F)(F)C1. The second-order valence-electron chi connectivity index (χ2n) is 9.72. The number of nitrogens with zero attached hydrogens (tertiary/aromatic N) is 5. The third-order valence-electron chi connectivity index (χ3n) is 7.06. The number of alkyl halides is 2. The Kier molecular flexibility index (Phi) is 6.36. The summed E-state index contributed by atoms with van der Waals surface area (Å²) < 4.78 is 27.4. The van der Waals surface area contributed by atoms with E-state index >= 15 is 0 Å². The number of nitrogens with one attached hydrogen (secondary N) is 2. The number of halogens is 2. The maximum absolute atomic E-state index is 13.7. The fourth-order valence-electron chi connectivity index (χ4n) is 5.09. The Morgan fingerprint density at radius 1 is 1.15 bits per heavy atom. The van der Waals surface area contributed by atoms with Crippen LogP contribution in [0.4, 0.5) is 8.78 Å². The van der Waals surface area contributed by atoms with Gasteiger partial charge in [0.25, 0.3) is 5.92 Å². The van der Waals surface area contributed by atoms with Crippen LogP contribution in [-0.4, -0.2) is 60.6 Å². The molecule has 5 aromatic heterocycles. The number of likely N-dealkylation sites (tertiary alicyclic amines) is 1. The van der Waals surface area contributed by atoms with Crippen LogP contribution < -0.4 is 0 Å². The van der Waals surface area contributed by atoms with E-state index in [4.69, 9.17) is 0 Å². The first-order valence-corrected chi connectivity index (χ1v) is 12.8. The predicted octanol–water partition coefficient (Wildman–Crippen LogP) is 6.42. The molecule has 0 radical (unpaired) electrons. The van der Waals surface area contributed by atoms with E-state index in [9.17, 15) is 8.78 Å². The van der Waals surface area contributed by atoms with Crippen molar-refractivity contribution in [3.05, 3.63) is 91.1 Å². The topological polar surface area (TPSA) is 86.4 Å². The standard InChI is InChI=1S/C30H27F2N7/c1-3-19(17-39-11-8-30(31,32)18-39)12-20(4-2)22-13-24-28(37-38-29(24)35-16-22)26-14-23-25(36-26)7-10-34-27(23)21-6-5-9-33-15-21/h3-7,9-10,12-16,36H,1,8,11,17-18H2,2H3,(H,35,37,38)/b19-12+,20-4+.